The number of anilines is 1. The van der Waals surface area contributed by atoms with Crippen molar-refractivity contribution in [1.82, 2.24) is 0 Å². The standard InChI is InChI=1S/C16H26NO2P/c1-11-9-13(19-3)10-12(2)14(11)17-15(18)16(7-8-16)20(4,5)6/h9-10,20H,7-8H2,1-6H3,(H,17,18). The van der Waals surface area contributed by atoms with Crippen LogP contribution in [0.15, 0.2) is 12.1 Å². The fourth-order valence-electron chi connectivity index (χ4n) is 2.91. The van der Waals surface area contributed by atoms with Gasteiger partial charge < -0.3 is 0 Å². The van der Waals surface area contributed by atoms with Crippen molar-refractivity contribution in [2.45, 2.75) is 31.8 Å². The van der Waals surface area contributed by atoms with E-state index in [1.807, 2.05) is 26.0 Å². The third-order valence-corrected chi connectivity index (χ3v) is 8.20. The molecule has 0 spiro atoms. The van der Waals surface area contributed by atoms with E-state index in [1.54, 1.807) is 7.11 Å². The molecule has 0 unspecified atom stereocenters. The number of benzene rings is 1. The van der Waals surface area contributed by atoms with Crippen LogP contribution in [0.25, 0.3) is 0 Å². The van der Waals surface area contributed by atoms with Gasteiger partial charge in [0.05, 0.1) is 0 Å². The molecule has 2 rings (SSSR count). The molecule has 1 aromatic rings. The van der Waals surface area contributed by atoms with E-state index in [2.05, 4.69) is 25.3 Å². The number of carbonyl (C=O) groups excluding carboxylic acids is 1. The number of aryl methyl sites for hydroxylation is 2. The molecule has 3 nitrogen and oxygen atoms in total. The molecule has 1 amide bonds. The van der Waals surface area contributed by atoms with Gasteiger partial charge in [0.1, 0.15) is 0 Å². The molecule has 112 valence electrons. The topological polar surface area (TPSA) is 38.3 Å². The molecule has 0 atom stereocenters. The average Bonchev–Trinajstić information content (AvgIpc) is 3.13. The first-order valence-corrected chi connectivity index (χ1v) is 10.7. The van der Waals surface area contributed by atoms with Crippen LogP contribution in [-0.4, -0.2) is 38.2 Å². The Bertz CT molecular complexity index is 519. The van der Waals surface area contributed by atoms with Crippen molar-refractivity contribution in [3.8, 4) is 5.75 Å². The number of hydrogen-bond donors (Lipinski definition) is 1. The summed E-state index contributed by atoms with van der Waals surface area (Å²) in [5, 5.41) is 3.12. The van der Waals surface area contributed by atoms with Crippen LogP contribution in [0, 0.1) is 13.8 Å². The number of ether oxygens (including phenoxy) is 1. The maximum atomic E-state index is 12.7. The van der Waals surface area contributed by atoms with Crippen LogP contribution in [0.3, 0.4) is 0 Å². The number of rotatable bonds is 4. The first-order valence-electron chi connectivity index (χ1n) is 7.18. The first-order chi connectivity index (χ1) is 9.21. The molecular formula is C16H26NO2P. The summed E-state index contributed by atoms with van der Waals surface area (Å²) in [5.74, 6) is 1.05. The third-order valence-electron chi connectivity index (χ3n) is 4.60. The summed E-state index contributed by atoms with van der Waals surface area (Å²) in [5.41, 5.74) is 3.06. The zero-order valence-corrected chi connectivity index (χ0v) is 14.4. The van der Waals surface area contributed by atoms with E-state index < -0.39 is 7.26 Å². The first kappa shape index (κ1) is 15.3. The van der Waals surface area contributed by atoms with Gasteiger partial charge in [-0.05, 0) is 0 Å². The van der Waals surface area contributed by atoms with Crippen LogP contribution < -0.4 is 10.1 Å². The Hall–Kier alpha value is -1.08. The number of methoxy groups -OCH3 is 1. The van der Waals surface area contributed by atoms with Gasteiger partial charge in [-0.15, -0.1) is 0 Å². The molecule has 1 aromatic carbocycles. The van der Waals surface area contributed by atoms with Crippen LogP contribution in [0.4, 0.5) is 5.69 Å². The minimum atomic E-state index is -1.48. The summed E-state index contributed by atoms with van der Waals surface area (Å²) in [6.45, 7) is 10.9. The summed E-state index contributed by atoms with van der Waals surface area (Å²) in [7, 11) is 0.184. The second kappa shape index (κ2) is 5.04. The third kappa shape index (κ3) is 2.56. The van der Waals surface area contributed by atoms with Crippen molar-refractivity contribution in [3.05, 3.63) is 23.3 Å². The maximum absolute atomic E-state index is 12.7. The summed E-state index contributed by atoms with van der Waals surface area (Å²) >= 11 is 0. The predicted molar refractivity (Wildman–Crippen MR) is 89.1 cm³/mol. The Morgan fingerprint density at radius 3 is 2.05 bits per heavy atom. The molecule has 0 radical (unpaired) electrons. The Labute approximate surface area is 122 Å². The summed E-state index contributed by atoms with van der Waals surface area (Å²) in [4.78, 5) is 12.7. The Morgan fingerprint density at radius 2 is 1.70 bits per heavy atom. The molecule has 20 heavy (non-hydrogen) atoms. The molecule has 1 aliphatic rings. The molecular weight excluding hydrogens is 269 g/mol. The van der Waals surface area contributed by atoms with E-state index in [-0.39, 0.29) is 11.1 Å². The Morgan fingerprint density at radius 1 is 1.20 bits per heavy atom. The Kier molecular flexibility index (Phi) is 3.85. The number of hydrogen-bond acceptors (Lipinski definition) is 2. The Balaban J connectivity index is 2.26. The monoisotopic (exact) mass is 295 g/mol. The molecule has 1 fully saturated rings. The second-order valence-corrected chi connectivity index (χ2v) is 12.4. The minimum absolute atomic E-state index is 0.0637. The zero-order valence-electron chi connectivity index (χ0n) is 13.4. The van der Waals surface area contributed by atoms with Crippen LogP contribution in [-0.2, 0) is 4.79 Å². The molecule has 0 saturated heterocycles. The van der Waals surface area contributed by atoms with Crippen LogP contribution in [0.5, 0.6) is 5.75 Å². The fourth-order valence-corrected chi connectivity index (χ4v) is 5.28. The van der Waals surface area contributed by atoms with Gasteiger partial charge in [-0.25, -0.2) is 0 Å². The molecule has 1 saturated carbocycles. The molecule has 0 aliphatic heterocycles. The molecule has 0 heterocycles. The van der Waals surface area contributed by atoms with Crippen LogP contribution >= 0.6 is 7.26 Å². The van der Waals surface area contributed by atoms with E-state index in [4.69, 9.17) is 4.74 Å². The van der Waals surface area contributed by atoms with E-state index in [1.165, 1.54) is 0 Å². The van der Waals surface area contributed by atoms with E-state index in [9.17, 15) is 4.79 Å². The summed E-state index contributed by atoms with van der Waals surface area (Å²) in [6.07, 6.45) is 2.09. The normalized spacial score (nSPS) is 17.5. The second-order valence-electron chi connectivity index (χ2n) is 6.92. The summed E-state index contributed by atoms with van der Waals surface area (Å²) < 4.78 is 5.26. The number of nitrogens with one attached hydrogen (secondary N) is 1. The number of carbonyl (C=O) groups is 1. The zero-order chi connectivity index (χ0) is 15.1. The molecule has 0 bridgehead atoms. The van der Waals surface area contributed by atoms with Crippen molar-refractivity contribution < 1.29 is 9.53 Å². The van der Waals surface area contributed by atoms with Crippen molar-refractivity contribution >= 4 is 18.9 Å². The van der Waals surface area contributed by atoms with Gasteiger partial charge >= 0.3 is 122 Å². The summed E-state index contributed by atoms with van der Waals surface area (Å²) in [6, 6.07) is 3.94. The van der Waals surface area contributed by atoms with Gasteiger partial charge in [-0.2, -0.15) is 0 Å². The SMILES string of the molecule is COc1cc(C)c(NC(=O)C2([PH](C)(C)C)CC2)c(C)c1. The average molecular weight is 295 g/mol. The van der Waals surface area contributed by atoms with Gasteiger partial charge in [0.25, 0.3) is 0 Å². The fraction of sp³-hybridized carbons (Fsp3) is 0.562. The van der Waals surface area contributed by atoms with Crippen LogP contribution in [0.2, 0.25) is 0 Å². The van der Waals surface area contributed by atoms with E-state index >= 15 is 0 Å². The van der Waals surface area contributed by atoms with Gasteiger partial charge in [0.2, 0.25) is 0 Å². The molecule has 1 N–H and O–H groups in total. The van der Waals surface area contributed by atoms with Crippen molar-refractivity contribution in [2.75, 3.05) is 32.4 Å². The van der Waals surface area contributed by atoms with Gasteiger partial charge in [0, 0.05) is 0 Å². The predicted octanol–water partition coefficient (Wildman–Crippen LogP) is 3.42. The molecule has 4 heteroatoms. The van der Waals surface area contributed by atoms with Crippen molar-refractivity contribution in [1.29, 1.82) is 0 Å². The van der Waals surface area contributed by atoms with Gasteiger partial charge in [-0.1, -0.05) is 0 Å². The van der Waals surface area contributed by atoms with E-state index in [0.717, 1.165) is 35.4 Å². The van der Waals surface area contributed by atoms with Gasteiger partial charge in [0.15, 0.2) is 0 Å². The number of amides is 1. The van der Waals surface area contributed by atoms with Crippen LogP contribution in [0.1, 0.15) is 24.0 Å². The van der Waals surface area contributed by atoms with E-state index in [0.29, 0.717) is 0 Å². The molecule has 1 aliphatic carbocycles. The van der Waals surface area contributed by atoms with Crippen molar-refractivity contribution in [2.24, 2.45) is 0 Å². The molecule has 0 aromatic heterocycles. The van der Waals surface area contributed by atoms with Crippen molar-refractivity contribution in [3.63, 3.8) is 0 Å². The quantitative estimate of drug-likeness (QED) is 0.864. The van der Waals surface area contributed by atoms with Gasteiger partial charge in [-0.3, -0.25) is 0 Å².